The lowest BCUT2D eigenvalue weighted by atomic mass is 9.90. The van der Waals surface area contributed by atoms with Crippen LogP contribution < -0.4 is 4.74 Å². The Morgan fingerprint density at radius 1 is 1.21 bits per heavy atom. The van der Waals surface area contributed by atoms with Crippen molar-refractivity contribution in [2.75, 3.05) is 6.61 Å². The molecule has 0 aliphatic rings. The number of ether oxygens (including phenoxy) is 1. The highest BCUT2D eigenvalue weighted by atomic mass is 19.1. The van der Waals surface area contributed by atoms with E-state index in [1.54, 1.807) is 29.7 Å². The summed E-state index contributed by atoms with van der Waals surface area (Å²) >= 11 is 0. The van der Waals surface area contributed by atoms with Crippen LogP contribution in [0.1, 0.15) is 42.0 Å². The van der Waals surface area contributed by atoms with Crippen LogP contribution >= 0.6 is 0 Å². The van der Waals surface area contributed by atoms with E-state index in [2.05, 4.69) is 4.98 Å². The normalized spacial score (nSPS) is 12.5. The standard InChI is InChI=1S/C22H24F2N2O3/c1-13(2)15(11-27)10-19(28)21-14(3)25-22-20(8-5-9-26(21)22)29-12-16-17(23)6-4-7-18(16)24/h4-9,13,15,27H,10-12H2,1-3H3/t15-/m0/s1. The Balaban J connectivity index is 1.90. The zero-order valence-electron chi connectivity index (χ0n) is 16.7. The van der Waals surface area contributed by atoms with Gasteiger partial charge in [0, 0.05) is 19.2 Å². The van der Waals surface area contributed by atoms with Crippen molar-refractivity contribution in [3.8, 4) is 5.75 Å². The van der Waals surface area contributed by atoms with Crippen LogP contribution in [-0.2, 0) is 6.61 Å². The van der Waals surface area contributed by atoms with Crippen molar-refractivity contribution < 1.29 is 23.4 Å². The first kappa shape index (κ1) is 20.9. The molecule has 0 spiro atoms. The van der Waals surface area contributed by atoms with Gasteiger partial charge in [-0.2, -0.15) is 0 Å². The summed E-state index contributed by atoms with van der Waals surface area (Å²) in [5.74, 6) is -1.15. The maximum Gasteiger partial charge on any atom is 0.181 e. The number of halogens is 2. The summed E-state index contributed by atoms with van der Waals surface area (Å²) in [6.45, 7) is 5.28. The first-order valence-electron chi connectivity index (χ1n) is 9.50. The molecule has 7 heteroatoms. The molecule has 3 rings (SSSR count). The summed E-state index contributed by atoms with van der Waals surface area (Å²) in [4.78, 5) is 17.3. The fourth-order valence-corrected chi connectivity index (χ4v) is 3.27. The van der Waals surface area contributed by atoms with E-state index in [9.17, 15) is 18.7 Å². The minimum absolute atomic E-state index is 0.0677. The minimum atomic E-state index is -0.684. The number of aromatic nitrogens is 2. The molecule has 0 fully saturated rings. The van der Waals surface area contributed by atoms with Gasteiger partial charge in [0.25, 0.3) is 0 Å². The molecular weight excluding hydrogens is 378 g/mol. The number of aryl methyl sites for hydroxylation is 1. The Kier molecular flexibility index (Phi) is 6.27. The molecule has 0 saturated carbocycles. The summed E-state index contributed by atoms with van der Waals surface area (Å²) in [6, 6.07) is 6.96. The third-order valence-electron chi connectivity index (χ3n) is 5.11. The number of Topliss-reactive ketones (excluding diaryl/α,β-unsaturated/α-hetero) is 1. The fraction of sp³-hybridized carbons (Fsp3) is 0.364. The SMILES string of the molecule is Cc1nc2c(OCc3c(F)cccc3F)cccn2c1C(=O)C[C@@H](CO)C(C)C. The smallest absolute Gasteiger partial charge is 0.181 e. The predicted octanol–water partition coefficient (Wildman–Crippen LogP) is 4.34. The zero-order valence-corrected chi connectivity index (χ0v) is 16.7. The molecule has 2 heterocycles. The Bertz CT molecular complexity index is 1010. The second kappa shape index (κ2) is 8.69. The lowest BCUT2D eigenvalue weighted by Crippen LogP contribution is -2.19. The van der Waals surface area contributed by atoms with E-state index in [0.29, 0.717) is 22.8 Å². The van der Waals surface area contributed by atoms with Crippen LogP contribution in [0.15, 0.2) is 36.5 Å². The second-order valence-corrected chi connectivity index (χ2v) is 7.41. The Morgan fingerprint density at radius 3 is 2.52 bits per heavy atom. The molecule has 1 N–H and O–H groups in total. The van der Waals surface area contributed by atoms with Gasteiger partial charge in [-0.05, 0) is 43.0 Å². The van der Waals surface area contributed by atoms with Gasteiger partial charge in [0.05, 0.1) is 11.3 Å². The van der Waals surface area contributed by atoms with Crippen LogP contribution in [0, 0.1) is 30.4 Å². The molecule has 0 saturated heterocycles. The van der Waals surface area contributed by atoms with E-state index < -0.39 is 11.6 Å². The summed E-state index contributed by atoms with van der Waals surface area (Å²) in [6.07, 6.45) is 1.90. The third-order valence-corrected chi connectivity index (χ3v) is 5.11. The lowest BCUT2D eigenvalue weighted by Gasteiger charge is -2.17. The highest BCUT2D eigenvalue weighted by Gasteiger charge is 2.23. The van der Waals surface area contributed by atoms with Crippen molar-refractivity contribution in [1.82, 2.24) is 9.38 Å². The van der Waals surface area contributed by atoms with E-state index in [1.165, 1.54) is 18.2 Å². The van der Waals surface area contributed by atoms with Gasteiger partial charge >= 0.3 is 0 Å². The van der Waals surface area contributed by atoms with Gasteiger partial charge in [-0.25, -0.2) is 13.8 Å². The number of imidazole rings is 1. The van der Waals surface area contributed by atoms with Crippen molar-refractivity contribution in [1.29, 1.82) is 0 Å². The molecule has 1 aromatic carbocycles. The van der Waals surface area contributed by atoms with E-state index >= 15 is 0 Å². The van der Waals surface area contributed by atoms with Gasteiger partial charge in [0.15, 0.2) is 17.2 Å². The van der Waals surface area contributed by atoms with Gasteiger partial charge in [0.1, 0.15) is 23.9 Å². The molecule has 0 aliphatic carbocycles. The van der Waals surface area contributed by atoms with E-state index in [0.717, 1.165) is 0 Å². The van der Waals surface area contributed by atoms with Crippen molar-refractivity contribution in [2.24, 2.45) is 11.8 Å². The maximum atomic E-state index is 13.9. The summed E-state index contributed by atoms with van der Waals surface area (Å²) in [5.41, 5.74) is 1.18. The van der Waals surface area contributed by atoms with Crippen molar-refractivity contribution in [3.63, 3.8) is 0 Å². The molecule has 0 aliphatic heterocycles. The summed E-state index contributed by atoms with van der Waals surface area (Å²) in [5, 5.41) is 9.54. The molecule has 0 amide bonds. The molecule has 29 heavy (non-hydrogen) atoms. The zero-order chi connectivity index (χ0) is 21.1. The largest absolute Gasteiger partial charge is 0.485 e. The number of ketones is 1. The van der Waals surface area contributed by atoms with Crippen LogP contribution in [0.4, 0.5) is 8.78 Å². The number of aliphatic hydroxyl groups excluding tert-OH is 1. The van der Waals surface area contributed by atoms with E-state index in [1.807, 2.05) is 13.8 Å². The number of fused-ring (bicyclic) bond motifs is 1. The molecule has 154 valence electrons. The van der Waals surface area contributed by atoms with Crippen molar-refractivity contribution in [2.45, 2.75) is 33.8 Å². The molecular formula is C22H24F2N2O3. The van der Waals surface area contributed by atoms with Crippen LogP contribution in [0.2, 0.25) is 0 Å². The number of hydrogen-bond donors (Lipinski definition) is 1. The molecule has 0 radical (unpaired) electrons. The third kappa shape index (κ3) is 4.29. The average Bonchev–Trinajstić information content (AvgIpc) is 3.02. The first-order chi connectivity index (χ1) is 13.8. The van der Waals surface area contributed by atoms with Crippen LogP contribution in [0.25, 0.3) is 5.65 Å². The van der Waals surface area contributed by atoms with Gasteiger partial charge in [0.2, 0.25) is 0 Å². The minimum Gasteiger partial charge on any atom is -0.485 e. The number of hydrogen-bond acceptors (Lipinski definition) is 4. The van der Waals surface area contributed by atoms with Crippen LogP contribution in [0.5, 0.6) is 5.75 Å². The molecule has 0 bridgehead atoms. The van der Waals surface area contributed by atoms with Crippen LogP contribution in [0.3, 0.4) is 0 Å². The highest BCUT2D eigenvalue weighted by molar-refractivity contribution is 5.96. The number of rotatable bonds is 8. The number of carbonyl (C=O) groups excluding carboxylic acids is 1. The van der Waals surface area contributed by atoms with Gasteiger partial charge < -0.3 is 9.84 Å². The number of nitrogens with zero attached hydrogens (tertiary/aromatic N) is 2. The summed E-state index contributed by atoms with van der Waals surface area (Å²) < 4.78 is 35.0. The highest BCUT2D eigenvalue weighted by Crippen LogP contribution is 2.26. The van der Waals surface area contributed by atoms with E-state index in [-0.39, 0.29) is 42.8 Å². The Labute approximate surface area is 168 Å². The predicted molar refractivity (Wildman–Crippen MR) is 105 cm³/mol. The first-order valence-corrected chi connectivity index (χ1v) is 9.50. The van der Waals surface area contributed by atoms with Crippen LogP contribution in [-0.4, -0.2) is 26.9 Å². The van der Waals surface area contributed by atoms with Gasteiger partial charge in [-0.15, -0.1) is 0 Å². The second-order valence-electron chi connectivity index (χ2n) is 7.41. The monoisotopic (exact) mass is 402 g/mol. The topological polar surface area (TPSA) is 63.8 Å². The number of aliphatic hydroxyl groups is 1. The summed E-state index contributed by atoms with van der Waals surface area (Å²) in [7, 11) is 0. The Morgan fingerprint density at radius 2 is 1.90 bits per heavy atom. The molecule has 1 atom stereocenters. The average molecular weight is 402 g/mol. The molecule has 0 unspecified atom stereocenters. The fourth-order valence-electron chi connectivity index (χ4n) is 3.27. The molecule has 2 aromatic heterocycles. The lowest BCUT2D eigenvalue weighted by molar-refractivity contribution is 0.0901. The number of pyridine rings is 1. The van der Waals surface area contributed by atoms with Crippen molar-refractivity contribution >= 4 is 11.4 Å². The Hall–Kier alpha value is -2.80. The quantitative estimate of drug-likeness (QED) is 0.570. The maximum absolute atomic E-state index is 13.9. The van der Waals surface area contributed by atoms with E-state index in [4.69, 9.17) is 4.74 Å². The van der Waals surface area contributed by atoms with Gasteiger partial charge in [-0.1, -0.05) is 19.9 Å². The number of benzene rings is 1. The van der Waals surface area contributed by atoms with Gasteiger partial charge in [-0.3, -0.25) is 9.20 Å². The number of carbonyl (C=O) groups is 1. The molecule has 5 nitrogen and oxygen atoms in total. The molecule has 3 aromatic rings. The van der Waals surface area contributed by atoms with Crippen molar-refractivity contribution in [3.05, 3.63) is 65.1 Å².